The number of aromatic nitrogens is 6. The van der Waals surface area contributed by atoms with Crippen molar-refractivity contribution in [2.45, 2.75) is 32.5 Å². The molecule has 4 heterocycles. The second-order valence-corrected chi connectivity index (χ2v) is 11.1. The third-order valence-electron chi connectivity index (χ3n) is 7.76. The summed E-state index contributed by atoms with van der Waals surface area (Å²) in [6.07, 6.45) is 4.84. The van der Waals surface area contributed by atoms with E-state index in [0.717, 1.165) is 50.7 Å². The fraction of sp³-hybridized carbons (Fsp3) is 0.188. The average Bonchev–Trinajstić information content (AvgIpc) is 3.74. The van der Waals surface area contributed by atoms with Gasteiger partial charge in [0.15, 0.2) is 0 Å². The van der Waals surface area contributed by atoms with Crippen LogP contribution >= 0.6 is 15.9 Å². The van der Waals surface area contributed by atoms with Crippen molar-refractivity contribution in [3.8, 4) is 16.9 Å². The molecule has 0 unspecified atom stereocenters. The molecule has 8 nitrogen and oxygen atoms in total. The van der Waals surface area contributed by atoms with Crippen LogP contribution in [0.3, 0.4) is 0 Å². The standard InChI is InChI=1S/C32H28BrN7O/c33-30-19-34-31-22-37(16-17-38(30)31)32(41)15-14-24-10-4-7-13-28(24)40-21-26(35-36-40)20-39-27-12-6-5-11-25(27)18-29(39)23-8-2-1-3-9-23/h1-13,18-19,21H,14-17,20,22H2. The van der Waals surface area contributed by atoms with Crippen molar-refractivity contribution in [2.24, 2.45) is 0 Å². The number of fused-ring (bicyclic) bond motifs is 2. The number of hydrogen-bond donors (Lipinski definition) is 0. The zero-order valence-electron chi connectivity index (χ0n) is 22.4. The summed E-state index contributed by atoms with van der Waals surface area (Å²) < 4.78 is 7.20. The molecule has 6 aromatic rings. The van der Waals surface area contributed by atoms with Crippen LogP contribution in [0, 0.1) is 0 Å². The lowest BCUT2D eigenvalue weighted by Gasteiger charge is -2.28. The van der Waals surface area contributed by atoms with E-state index in [1.54, 1.807) is 6.20 Å². The Balaban J connectivity index is 1.10. The third kappa shape index (κ3) is 4.97. The Kier molecular flexibility index (Phi) is 6.72. The monoisotopic (exact) mass is 605 g/mol. The van der Waals surface area contributed by atoms with Crippen LogP contribution in [0.2, 0.25) is 0 Å². The number of carbonyl (C=O) groups is 1. The van der Waals surface area contributed by atoms with Crippen LogP contribution in [-0.4, -0.2) is 46.5 Å². The Morgan fingerprint density at radius 1 is 0.927 bits per heavy atom. The highest BCUT2D eigenvalue weighted by Crippen LogP contribution is 2.29. The molecule has 3 aromatic carbocycles. The van der Waals surface area contributed by atoms with Gasteiger partial charge < -0.3 is 14.0 Å². The Morgan fingerprint density at radius 2 is 1.73 bits per heavy atom. The van der Waals surface area contributed by atoms with E-state index in [-0.39, 0.29) is 5.91 Å². The molecule has 1 amide bonds. The largest absolute Gasteiger partial charge is 0.334 e. The number of nitrogens with zero attached hydrogens (tertiary/aromatic N) is 7. The molecular formula is C32H28BrN7O. The molecule has 0 N–H and O–H groups in total. The van der Waals surface area contributed by atoms with Gasteiger partial charge in [0.25, 0.3) is 0 Å². The smallest absolute Gasteiger partial charge is 0.223 e. The molecule has 204 valence electrons. The highest BCUT2D eigenvalue weighted by Gasteiger charge is 2.23. The zero-order valence-corrected chi connectivity index (χ0v) is 24.0. The van der Waals surface area contributed by atoms with Crippen molar-refractivity contribution in [3.63, 3.8) is 0 Å². The van der Waals surface area contributed by atoms with E-state index >= 15 is 0 Å². The SMILES string of the molecule is O=C(CCc1ccccc1-n1cc(Cn2c(-c3ccccc3)cc3ccccc32)nn1)N1CCn2c(Br)cnc2C1. The fourth-order valence-electron chi connectivity index (χ4n) is 5.66. The lowest BCUT2D eigenvalue weighted by molar-refractivity contribution is -0.132. The van der Waals surface area contributed by atoms with Crippen LogP contribution < -0.4 is 0 Å². The van der Waals surface area contributed by atoms with E-state index in [1.165, 1.54) is 5.39 Å². The Morgan fingerprint density at radius 3 is 2.63 bits per heavy atom. The van der Waals surface area contributed by atoms with Crippen molar-refractivity contribution in [3.05, 3.63) is 119 Å². The number of rotatable bonds is 7. The van der Waals surface area contributed by atoms with Gasteiger partial charge >= 0.3 is 0 Å². The second-order valence-electron chi connectivity index (χ2n) is 10.3. The number of halogens is 1. The van der Waals surface area contributed by atoms with Crippen LogP contribution in [-0.2, 0) is 30.8 Å². The molecule has 0 atom stereocenters. The highest BCUT2D eigenvalue weighted by molar-refractivity contribution is 9.10. The topological polar surface area (TPSA) is 73.8 Å². The Bertz CT molecular complexity index is 1850. The summed E-state index contributed by atoms with van der Waals surface area (Å²) in [5.74, 6) is 1.05. The van der Waals surface area contributed by atoms with Crippen molar-refractivity contribution in [1.82, 2.24) is 34.0 Å². The van der Waals surface area contributed by atoms with Gasteiger partial charge in [0.1, 0.15) is 16.1 Å². The third-order valence-corrected chi connectivity index (χ3v) is 8.39. The summed E-state index contributed by atoms with van der Waals surface area (Å²) in [7, 11) is 0. The summed E-state index contributed by atoms with van der Waals surface area (Å²) >= 11 is 3.53. The van der Waals surface area contributed by atoms with Gasteiger partial charge in [0, 0.05) is 36.1 Å². The van der Waals surface area contributed by atoms with Gasteiger partial charge in [-0.25, -0.2) is 9.67 Å². The quantitative estimate of drug-likeness (QED) is 0.228. The molecule has 1 aliphatic heterocycles. The maximum absolute atomic E-state index is 13.1. The van der Waals surface area contributed by atoms with E-state index in [2.05, 4.69) is 101 Å². The molecule has 0 aliphatic carbocycles. The molecule has 1 aliphatic rings. The fourth-order valence-corrected chi connectivity index (χ4v) is 6.15. The summed E-state index contributed by atoms with van der Waals surface area (Å²) in [5.41, 5.74) is 6.34. The Labute approximate surface area is 246 Å². The molecule has 0 radical (unpaired) electrons. The molecule has 0 fully saturated rings. The number of benzene rings is 3. The summed E-state index contributed by atoms with van der Waals surface area (Å²) in [6.45, 7) is 2.58. The molecule has 0 saturated carbocycles. The Hall–Kier alpha value is -4.50. The van der Waals surface area contributed by atoms with Crippen LogP contribution in [0.1, 0.15) is 23.5 Å². The van der Waals surface area contributed by atoms with Gasteiger partial charge in [-0.1, -0.05) is 71.9 Å². The summed E-state index contributed by atoms with van der Waals surface area (Å²) in [4.78, 5) is 19.4. The maximum atomic E-state index is 13.1. The molecule has 9 heteroatoms. The minimum absolute atomic E-state index is 0.136. The average molecular weight is 607 g/mol. The van der Waals surface area contributed by atoms with Crippen molar-refractivity contribution in [2.75, 3.05) is 6.54 Å². The minimum atomic E-state index is 0.136. The number of para-hydroxylation sites is 2. The van der Waals surface area contributed by atoms with Crippen LogP contribution in [0.5, 0.6) is 0 Å². The van der Waals surface area contributed by atoms with Gasteiger partial charge in [-0.3, -0.25) is 4.79 Å². The zero-order chi connectivity index (χ0) is 27.8. The van der Waals surface area contributed by atoms with Crippen LogP contribution in [0.4, 0.5) is 0 Å². The number of amides is 1. The molecule has 41 heavy (non-hydrogen) atoms. The minimum Gasteiger partial charge on any atom is -0.334 e. The first-order valence-corrected chi connectivity index (χ1v) is 14.5. The van der Waals surface area contributed by atoms with E-state index in [9.17, 15) is 4.79 Å². The molecule has 7 rings (SSSR count). The maximum Gasteiger partial charge on any atom is 0.223 e. The first-order chi connectivity index (χ1) is 20.1. The lowest BCUT2D eigenvalue weighted by Crippen LogP contribution is -2.38. The highest BCUT2D eigenvalue weighted by atomic mass is 79.9. The predicted octanol–water partition coefficient (Wildman–Crippen LogP) is 5.87. The molecule has 3 aromatic heterocycles. The van der Waals surface area contributed by atoms with Crippen LogP contribution in [0.15, 0.2) is 102 Å². The summed E-state index contributed by atoms with van der Waals surface area (Å²) in [5, 5.41) is 10.2. The predicted molar refractivity (Wildman–Crippen MR) is 161 cm³/mol. The lowest BCUT2D eigenvalue weighted by atomic mass is 10.1. The van der Waals surface area contributed by atoms with E-state index in [0.29, 0.717) is 32.5 Å². The van der Waals surface area contributed by atoms with Gasteiger partial charge in [-0.15, -0.1) is 5.10 Å². The number of imidazole rings is 1. The second kappa shape index (κ2) is 10.8. The van der Waals surface area contributed by atoms with E-state index in [4.69, 9.17) is 0 Å². The van der Waals surface area contributed by atoms with Crippen molar-refractivity contribution >= 4 is 32.7 Å². The van der Waals surface area contributed by atoms with Crippen molar-refractivity contribution < 1.29 is 4.79 Å². The van der Waals surface area contributed by atoms with Gasteiger partial charge in [0.2, 0.25) is 5.91 Å². The number of carbonyl (C=O) groups excluding carboxylic acids is 1. The first-order valence-electron chi connectivity index (χ1n) is 13.7. The number of hydrogen-bond acceptors (Lipinski definition) is 4. The normalized spacial score (nSPS) is 13.0. The van der Waals surface area contributed by atoms with Gasteiger partial charge in [-0.05, 0) is 51.7 Å². The summed E-state index contributed by atoms with van der Waals surface area (Å²) in [6, 6.07) is 29.2. The molecule has 0 saturated heterocycles. The van der Waals surface area contributed by atoms with Crippen molar-refractivity contribution in [1.29, 1.82) is 0 Å². The molecular weight excluding hydrogens is 578 g/mol. The van der Waals surface area contributed by atoms with Gasteiger partial charge in [0.05, 0.1) is 31.2 Å². The molecule has 0 bridgehead atoms. The molecule has 0 spiro atoms. The van der Waals surface area contributed by atoms with E-state index < -0.39 is 0 Å². The van der Waals surface area contributed by atoms with E-state index in [1.807, 2.05) is 40.0 Å². The first kappa shape index (κ1) is 25.5. The number of aryl methyl sites for hydroxylation is 1. The van der Waals surface area contributed by atoms with Gasteiger partial charge in [-0.2, -0.15) is 0 Å². The van der Waals surface area contributed by atoms with Crippen LogP contribution in [0.25, 0.3) is 27.8 Å².